The number of aromatic nitrogens is 2. The maximum absolute atomic E-state index is 13.4. The number of hydrogen-bond acceptors (Lipinski definition) is 8. The summed E-state index contributed by atoms with van der Waals surface area (Å²) in [5, 5.41) is 14.5. The van der Waals surface area contributed by atoms with Crippen molar-refractivity contribution in [2.24, 2.45) is 0 Å². The molecule has 0 amide bonds. The molecule has 3 aromatic rings. The molecular formula is C30H30N4O6. The summed E-state index contributed by atoms with van der Waals surface area (Å²) >= 11 is 0. The molecule has 0 saturated heterocycles. The SMILES string of the molecule is COC(=O)C1=C(C)NC(C)=C(C(=O)OC/C=C(\C)c2ccc(Cn3ccnc3)cc2)C1c1cccc([N+](=O)[O-])c1. The quantitative estimate of drug-likeness (QED) is 0.230. The third-order valence-electron chi connectivity index (χ3n) is 6.74. The van der Waals surface area contributed by atoms with Crippen LogP contribution in [0.5, 0.6) is 0 Å². The van der Waals surface area contributed by atoms with Crippen LogP contribution >= 0.6 is 0 Å². The minimum atomic E-state index is -0.908. The van der Waals surface area contributed by atoms with Crippen LogP contribution in [0.3, 0.4) is 0 Å². The largest absolute Gasteiger partial charge is 0.466 e. The Morgan fingerprint density at radius 2 is 1.80 bits per heavy atom. The van der Waals surface area contributed by atoms with Crippen LogP contribution in [-0.4, -0.2) is 40.1 Å². The van der Waals surface area contributed by atoms with E-state index in [4.69, 9.17) is 9.47 Å². The Morgan fingerprint density at radius 1 is 1.10 bits per heavy atom. The number of nitrogens with zero attached hydrogens (tertiary/aromatic N) is 3. The molecule has 206 valence electrons. The normalized spacial score (nSPS) is 15.5. The third-order valence-corrected chi connectivity index (χ3v) is 6.74. The van der Waals surface area contributed by atoms with E-state index >= 15 is 0 Å². The molecule has 1 aliphatic heterocycles. The first-order chi connectivity index (χ1) is 19.2. The van der Waals surface area contributed by atoms with Crippen LogP contribution in [0.1, 0.15) is 43.4 Å². The number of rotatable bonds is 9. The second-order valence-corrected chi connectivity index (χ2v) is 9.40. The zero-order valence-corrected chi connectivity index (χ0v) is 22.7. The molecular weight excluding hydrogens is 512 g/mol. The van der Waals surface area contributed by atoms with Gasteiger partial charge in [-0.05, 0) is 49.1 Å². The number of allylic oxidation sites excluding steroid dienone is 3. The summed E-state index contributed by atoms with van der Waals surface area (Å²) in [7, 11) is 1.24. The number of methoxy groups -OCH3 is 1. The van der Waals surface area contributed by atoms with Crippen LogP contribution in [0.25, 0.3) is 5.57 Å². The van der Waals surface area contributed by atoms with Crippen LogP contribution in [0.2, 0.25) is 0 Å². The van der Waals surface area contributed by atoms with E-state index in [1.807, 2.05) is 42.0 Å². The van der Waals surface area contributed by atoms with Crippen molar-refractivity contribution in [3.8, 4) is 0 Å². The zero-order valence-electron chi connectivity index (χ0n) is 22.7. The fourth-order valence-corrected chi connectivity index (χ4v) is 4.70. The van der Waals surface area contributed by atoms with E-state index in [2.05, 4.69) is 10.3 Å². The van der Waals surface area contributed by atoms with Crippen molar-refractivity contribution in [1.82, 2.24) is 14.9 Å². The number of carbonyl (C=O) groups is 2. The molecule has 1 atom stereocenters. The molecule has 10 nitrogen and oxygen atoms in total. The average Bonchev–Trinajstić information content (AvgIpc) is 3.45. The molecule has 1 aliphatic rings. The second kappa shape index (κ2) is 12.2. The molecule has 10 heteroatoms. The van der Waals surface area contributed by atoms with E-state index < -0.39 is 22.8 Å². The van der Waals surface area contributed by atoms with Gasteiger partial charge in [-0.15, -0.1) is 0 Å². The first-order valence-corrected chi connectivity index (χ1v) is 12.6. The number of esters is 2. The lowest BCUT2D eigenvalue weighted by molar-refractivity contribution is -0.384. The van der Waals surface area contributed by atoms with E-state index in [9.17, 15) is 19.7 Å². The first-order valence-electron chi connectivity index (χ1n) is 12.6. The standard InChI is InChI=1S/C30H30N4O6/c1-19(23-10-8-22(9-11-23)17-33-14-13-31-18-33)12-15-40-30(36)27-21(3)32-20(2)26(29(35)39-4)28(27)24-6-5-7-25(16-24)34(37)38/h5-14,16,18,28,32H,15,17H2,1-4H3/b19-12+. The van der Waals surface area contributed by atoms with Gasteiger partial charge in [0.05, 0.1) is 35.4 Å². The van der Waals surface area contributed by atoms with Crippen LogP contribution in [0.15, 0.2) is 95.9 Å². The molecule has 40 heavy (non-hydrogen) atoms. The van der Waals surface area contributed by atoms with Crippen molar-refractivity contribution in [2.75, 3.05) is 13.7 Å². The highest BCUT2D eigenvalue weighted by atomic mass is 16.6. The number of nitro groups is 1. The number of hydrogen-bond donors (Lipinski definition) is 1. The summed E-state index contributed by atoms with van der Waals surface area (Å²) in [6, 6.07) is 13.9. The van der Waals surface area contributed by atoms with Gasteiger partial charge in [-0.1, -0.05) is 36.4 Å². The van der Waals surface area contributed by atoms with Crippen molar-refractivity contribution in [3.63, 3.8) is 0 Å². The summed E-state index contributed by atoms with van der Waals surface area (Å²) in [5.74, 6) is -2.20. The molecule has 1 unspecified atom stereocenters. The molecule has 1 aromatic heterocycles. The lowest BCUT2D eigenvalue weighted by Crippen LogP contribution is -2.32. The third kappa shape index (κ3) is 6.17. The predicted octanol–water partition coefficient (Wildman–Crippen LogP) is 4.89. The Bertz CT molecular complexity index is 1520. The number of nitro benzene ring substituents is 1. The number of carbonyl (C=O) groups excluding carboxylic acids is 2. The van der Waals surface area contributed by atoms with Gasteiger partial charge in [0.25, 0.3) is 5.69 Å². The van der Waals surface area contributed by atoms with Crippen molar-refractivity contribution >= 4 is 23.2 Å². The first kappa shape index (κ1) is 28.0. The highest BCUT2D eigenvalue weighted by molar-refractivity contribution is 6.00. The molecule has 0 aliphatic carbocycles. The Kier molecular flexibility index (Phi) is 8.58. The van der Waals surface area contributed by atoms with Gasteiger partial charge in [0.1, 0.15) is 6.61 Å². The monoisotopic (exact) mass is 542 g/mol. The molecule has 4 rings (SSSR count). The highest BCUT2D eigenvalue weighted by Crippen LogP contribution is 2.40. The average molecular weight is 543 g/mol. The lowest BCUT2D eigenvalue weighted by Gasteiger charge is -2.30. The van der Waals surface area contributed by atoms with Crippen molar-refractivity contribution in [3.05, 3.63) is 123 Å². The van der Waals surface area contributed by atoms with E-state index in [1.54, 1.807) is 38.5 Å². The van der Waals surface area contributed by atoms with Gasteiger partial charge in [0, 0.05) is 42.5 Å². The van der Waals surface area contributed by atoms with E-state index in [0.717, 1.165) is 23.2 Å². The van der Waals surface area contributed by atoms with Gasteiger partial charge >= 0.3 is 11.9 Å². The molecule has 0 spiro atoms. The molecule has 1 N–H and O–H groups in total. The second-order valence-electron chi connectivity index (χ2n) is 9.40. The van der Waals surface area contributed by atoms with Crippen LogP contribution in [0.4, 0.5) is 5.69 Å². The maximum atomic E-state index is 13.4. The van der Waals surface area contributed by atoms with Crippen LogP contribution in [-0.2, 0) is 25.6 Å². The zero-order chi connectivity index (χ0) is 28.8. The number of dihydropyridines is 1. The van der Waals surface area contributed by atoms with Gasteiger partial charge in [-0.2, -0.15) is 0 Å². The van der Waals surface area contributed by atoms with Crippen LogP contribution in [0, 0.1) is 10.1 Å². The van der Waals surface area contributed by atoms with E-state index in [0.29, 0.717) is 17.0 Å². The van der Waals surface area contributed by atoms with Crippen LogP contribution < -0.4 is 5.32 Å². The number of imidazole rings is 1. The topological polar surface area (TPSA) is 126 Å². The Labute approximate surface area is 231 Å². The molecule has 0 fully saturated rings. The molecule has 2 aromatic carbocycles. The number of non-ortho nitro benzene ring substituents is 1. The Balaban J connectivity index is 1.54. The number of benzene rings is 2. The number of ether oxygens (including phenoxy) is 2. The lowest BCUT2D eigenvalue weighted by atomic mass is 9.80. The molecule has 0 saturated carbocycles. The minimum absolute atomic E-state index is 0.00382. The van der Waals surface area contributed by atoms with Crippen molar-refractivity contribution < 1.29 is 24.0 Å². The Morgan fingerprint density at radius 3 is 2.42 bits per heavy atom. The van der Waals surface area contributed by atoms with Gasteiger partial charge in [0.2, 0.25) is 0 Å². The minimum Gasteiger partial charge on any atom is -0.466 e. The predicted molar refractivity (Wildman–Crippen MR) is 149 cm³/mol. The van der Waals surface area contributed by atoms with E-state index in [-0.39, 0.29) is 23.4 Å². The summed E-state index contributed by atoms with van der Waals surface area (Å²) in [6.45, 7) is 6.03. The van der Waals surface area contributed by atoms with Gasteiger partial charge in [0.15, 0.2) is 0 Å². The smallest absolute Gasteiger partial charge is 0.337 e. The van der Waals surface area contributed by atoms with E-state index in [1.165, 1.54) is 25.3 Å². The maximum Gasteiger partial charge on any atom is 0.337 e. The Hall–Kier alpha value is -4.99. The molecule has 0 radical (unpaired) electrons. The number of nitrogens with one attached hydrogen (secondary N) is 1. The highest BCUT2D eigenvalue weighted by Gasteiger charge is 2.38. The molecule has 0 bridgehead atoms. The summed E-state index contributed by atoms with van der Waals surface area (Å²) in [4.78, 5) is 41.2. The molecule has 2 heterocycles. The summed E-state index contributed by atoms with van der Waals surface area (Å²) in [5.41, 5.74) is 4.64. The van der Waals surface area contributed by atoms with Crippen molar-refractivity contribution in [2.45, 2.75) is 33.2 Å². The summed E-state index contributed by atoms with van der Waals surface area (Å²) < 4.78 is 12.6. The fourth-order valence-electron chi connectivity index (χ4n) is 4.70. The fraction of sp³-hybridized carbons (Fsp3) is 0.233. The van der Waals surface area contributed by atoms with Gasteiger partial charge in [-0.25, -0.2) is 14.6 Å². The van der Waals surface area contributed by atoms with Crippen molar-refractivity contribution in [1.29, 1.82) is 0 Å². The summed E-state index contributed by atoms with van der Waals surface area (Å²) in [6.07, 6.45) is 7.21. The van der Waals surface area contributed by atoms with Gasteiger partial charge < -0.3 is 19.4 Å². The van der Waals surface area contributed by atoms with Gasteiger partial charge in [-0.3, -0.25) is 10.1 Å².